The van der Waals surface area contributed by atoms with Crippen LogP contribution in [0.1, 0.15) is 26.7 Å². The van der Waals surface area contributed by atoms with E-state index in [2.05, 4.69) is 50.1 Å². The molecule has 0 radical (unpaired) electrons. The number of hydrogen-bond donors (Lipinski definition) is 1. The summed E-state index contributed by atoms with van der Waals surface area (Å²) in [6, 6.07) is 1.38. The second-order valence-electron chi connectivity index (χ2n) is 5.90. The van der Waals surface area contributed by atoms with E-state index in [1.807, 2.05) is 0 Å². The summed E-state index contributed by atoms with van der Waals surface area (Å²) in [7, 11) is 6.64. The van der Waals surface area contributed by atoms with Crippen molar-refractivity contribution in [2.45, 2.75) is 38.8 Å². The average Bonchev–Trinajstić information content (AvgIpc) is 2.15. The molecule has 0 aromatic carbocycles. The Balaban J connectivity index is 2.41. The molecule has 1 rings (SSSR count). The summed E-state index contributed by atoms with van der Waals surface area (Å²) >= 11 is 0. The minimum atomic E-state index is 0.671. The second-order valence-corrected chi connectivity index (χ2v) is 5.90. The van der Waals surface area contributed by atoms with E-state index in [1.54, 1.807) is 0 Å². The van der Waals surface area contributed by atoms with E-state index in [4.69, 9.17) is 0 Å². The molecule has 0 bridgehead atoms. The first-order valence-corrected chi connectivity index (χ1v) is 6.57. The number of nitrogens with zero attached hydrogens (tertiary/aromatic N) is 2. The molecule has 16 heavy (non-hydrogen) atoms. The molecule has 1 heterocycles. The molecule has 96 valence electrons. The van der Waals surface area contributed by atoms with Gasteiger partial charge in [-0.3, -0.25) is 0 Å². The van der Waals surface area contributed by atoms with Crippen LogP contribution in [0.2, 0.25) is 0 Å². The zero-order valence-electron chi connectivity index (χ0n) is 11.7. The van der Waals surface area contributed by atoms with E-state index in [0.29, 0.717) is 12.1 Å². The Morgan fingerprint density at radius 1 is 1.38 bits per heavy atom. The van der Waals surface area contributed by atoms with Gasteiger partial charge in [0, 0.05) is 31.7 Å². The fourth-order valence-corrected chi connectivity index (χ4v) is 2.54. The number of nitrogens with one attached hydrogen (secondary N) is 1. The molecule has 3 nitrogen and oxygen atoms in total. The van der Waals surface area contributed by atoms with Crippen molar-refractivity contribution < 1.29 is 0 Å². The van der Waals surface area contributed by atoms with Crippen LogP contribution in [0.25, 0.3) is 0 Å². The maximum atomic E-state index is 3.64. The highest BCUT2D eigenvalue weighted by atomic mass is 15.2. The van der Waals surface area contributed by atoms with E-state index in [0.717, 1.165) is 12.5 Å². The summed E-state index contributed by atoms with van der Waals surface area (Å²) in [5, 5.41) is 3.64. The summed E-state index contributed by atoms with van der Waals surface area (Å²) in [6.07, 6.45) is 2.57. The van der Waals surface area contributed by atoms with Crippen molar-refractivity contribution in [1.82, 2.24) is 15.1 Å². The fourth-order valence-electron chi connectivity index (χ4n) is 2.54. The molecule has 1 fully saturated rings. The monoisotopic (exact) mass is 227 g/mol. The van der Waals surface area contributed by atoms with E-state index >= 15 is 0 Å². The molecule has 0 spiro atoms. The Bertz CT molecular complexity index is 192. The first-order chi connectivity index (χ1) is 7.49. The lowest BCUT2D eigenvalue weighted by atomic mass is 9.96. The lowest BCUT2D eigenvalue weighted by Gasteiger charge is -2.35. The number of likely N-dealkylation sites (N-methyl/N-ethyl adjacent to an activating group) is 1. The van der Waals surface area contributed by atoms with Crippen LogP contribution < -0.4 is 5.32 Å². The van der Waals surface area contributed by atoms with Gasteiger partial charge in [0.1, 0.15) is 0 Å². The van der Waals surface area contributed by atoms with Gasteiger partial charge in [-0.15, -0.1) is 0 Å². The SMILES string of the molecule is CC(C)CC(CC1CN(C)CCN1)N(C)C. The lowest BCUT2D eigenvalue weighted by molar-refractivity contribution is 0.175. The Labute approximate surface area is 101 Å². The van der Waals surface area contributed by atoms with Gasteiger partial charge in [0.2, 0.25) is 0 Å². The second kappa shape index (κ2) is 6.58. The van der Waals surface area contributed by atoms with Crippen molar-refractivity contribution in [3.8, 4) is 0 Å². The molecule has 2 atom stereocenters. The first kappa shape index (κ1) is 13.9. The molecule has 1 aliphatic rings. The van der Waals surface area contributed by atoms with Gasteiger partial charge in [-0.05, 0) is 39.9 Å². The van der Waals surface area contributed by atoms with Crippen molar-refractivity contribution in [2.24, 2.45) is 5.92 Å². The normalized spacial score (nSPS) is 25.3. The molecule has 0 amide bonds. The zero-order chi connectivity index (χ0) is 12.1. The predicted octanol–water partition coefficient (Wildman–Crippen LogP) is 1.26. The van der Waals surface area contributed by atoms with Crippen molar-refractivity contribution in [3.63, 3.8) is 0 Å². The van der Waals surface area contributed by atoms with Gasteiger partial charge in [-0.2, -0.15) is 0 Å². The molecule has 1 saturated heterocycles. The molecule has 0 aromatic rings. The molecule has 0 aliphatic carbocycles. The Hall–Kier alpha value is -0.120. The van der Waals surface area contributed by atoms with Gasteiger partial charge in [0.05, 0.1) is 0 Å². The van der Waals surface area contributed by atoms with Crippen LogP contribution >= 0.6 is 0 Å². The third-order valence-corrected chi connectivity index (χ3v) is 3.49. The van der Waals surface area contributed by atoms with Crippen LogP contribution in [0.5, 0.6) is 0 Å². The first-order valence-electron chi connectivity index (χ1n) is 6.57. The summed E-state index contributed by atoms with van der Waals surface area (Å²) in [6.45, 7) is 8.16. The molecule has 0 aromatic heterocycles. The molecule has 1 aliphatic heterocycles. The summed E-state index contributed by atoms with van der Waals surface area (Å²) < 4.78 is 0. The molecule has 3 heteroatoms. The van der Waals surface area contributed by atoms with Crippen LogP contribution in [0, 0.1) is 5.92 Å². The quantitative estimate of drug-likeness (QED) is 0.763. The van der Waals surface area contributed by atoms with Gasteiger partial charge >= 0.3 is 0 Å². The van der Waals surface area contributed by atoms with Gasteiger partial charge in [-0.1, -0.05) is 13.8 Å². The van der Waals surface area contributed by atoms with Crippen molar-refractivity contribution in [2.75, 3.05) is 40.8 Å². The third-order valence-electron chi connectivity index (χ3n) is 3.49. The van der Waals surface area contributed by atoms with E-state index in [-0.39, 0.29) is 0 Å². The fraction of sp³-hybridized carbons (Fsp3) is 1.00. The predicted molar refractivity (Wildman–Crippen MR) is 70.8 cm³/mol. The Kier molecular flexibility index (Phi) is 5.73. The Morgan fingerprint density at radius 2 is 2.06 bits per heavy atom. The largest absolute Gasteiger partial charge is 0.311 e. The molecular formula is C13H29N3. The maximum absolute atomic E-state index is 3.64. The van der Waals surface area contributed by atoms with Gasteiger partial charge in [0.15, 0.2) is 0 Å². The maximum Gasteiger partial charge on any atom is 0.0210 e. The molecule has 2 unspecified atom stereocenters. The number of hydrogen-bond acceptors (Lipinski definition) is 3. The molecular weight excluding hydrogens is 198 g/mol. The Morgan fingerprint density at radius 3 is 2.56 bits per heavy atom. The number of rotatable bonds is 5. The van der Waals surface area contributed by atoms with Crippen LogP contribution in [0.4, 0.5) is 0 Å². The van der Waals surface area contributed by atoms with Crippen LogP contribution in [-0.2, 0) is 0 Å². The third kappa shape index (κ3) is 4.81. The van der Waals surface area contributed by atoms with E-state index in [1.165, 1.54) is 25.9 Å². The van der Waals surface area contributed by atoms with Crippen LogP contribution in [0.15, 0.2) is 0 Å². The highest BCUT2D eigenvalue weighted by Crippen LogP contribution is 2.15. The summed E-state index contributed by atoms with van der Waals surface area (Å²) in [5.74, 6) is 0.786. The lowest BCUT2D eigenvalue weighted by Crippen LogP contribution is -2.51. The highest BCUT2D eigenvalue weighted by molar-refractivity contribution is 4.82. The van der Waals surface area contributed by atoms with Crippen molar-refractivity contribution in [1.29, 1.82) is 0 Å². The standard InChI is InChI=1S/C13H29N3/c1-11(2)8-13(15(3)4)9-12-10-16(5)7-6-14-12/h11-14H,6-10H2,1-5H3. The average molecular weight is 227 g/mol. The summed E-state index contributed by atoms with van der Waals surface area (Å²) in [4.78, 5) is 4.82. The van der Waals surface area contributed by atoms with Crippen LogP contribution in [-0.4, -0.2) is 62.7 Å². The highest BCUT2D eigenvalue weighted by Gasteiger charge is 2.22. The van der Waals surface area contributed by atoms with Crippen LogP contribution in [0.3, 0.4) is 0 Å². The zero-order valence-corrected chi connectivity index (χ0v) is 11.7. The van der Waals surface area contributed by atoms with Crippen molar-refractivity contribution >= 4 is 0 Å². The molecule has 1 N–H and O–H groups in total. The topological polar surface area (TPSA) is 18.5 Å². The minimum absolute atomic E-state index is 0.671. The number of piperazine rings is 1. The smallest absolute Gasteiger partial charge is 0.0210 e. The summed E-state index contributed by atoms with van der Waals surface area (Å²) in [5.41, 5.74) is 0. The minimum Gasteiger partial charge on any atom is -0.311 e. The van der Waals surface area contributed by atoms with E-state index < -0.39 is 0 Å². The molecule has 0 saturated carbocycles. The van der Waals surface area contributed by atoms with Gasteiger partial charge in [-0.25, -0.2) is 0 Å². The van der Waals surface area contributed by atoms with Gasteiger partial charge in [0.25, 0.3) is 0 Å². The van der Waals surface area contributed by atoms with E-state index in [9.17, 15) is 0 Å². The van der Waals surface area contributed by atoms with Crippen molar-refractivity contribution in [3.05, 3.63) is 0 Å². The van der Waals surface area contributed by atoms with Gasteiger partial charge < -0.3 is 15.1 Å².